The monoisotopic (exact) mass is 280 g/mol. The third-order valence-corrected chi connectivity index (χ3v) is 3.73. The van der Waals surface area contributed by atoms with Crippen LogP contribution in [0.1, 0.15) is 37.7 Å². The number of aromatic nitrogens is 4. The Morgan fingerprint density at radius 2 is 1.76 bits per heavy atom. The minimum atomic E-state index is 0.127. The Labute approximate surface area is 124 Å². The van der Waals surface area contributed by atoms with Gasteiger partial charge in [0.05, 0.1) is 5.69 Å². The summed E-state index contributed by atoms with van der Waals surface area (Å²) in [5.74, 6) is 0.807. The van der Waals surface area contributed by atoms with E-state index in [9.17, 15) is 0 Å². The van der Waals surface area contributed by atoms with Gasteiger partial charge in [0.2, 0.25) is 0 Å². The molecule has 3 aromatic rings. The first-order valence-corrected chi connectivity index (χ1v) is 7.17. The van der Waals surface area contributed by atoms with Gasteiger partial charge in [-0.05, 0) is 42.5 Å². The van der Waals surface area contributed by atoms with Gasteiger partial charge in [-0.3, -0.25) is 0 Å². The molecule has 0 saturated heterocycles. The van der Waals surface area contributed by atoms with Crippen molar-refractivity contribution >= 4 is 5.65 Å². The predicted octanol–water partition coefficient (Wildman–Crippen LogP) is 3.71. The normalized spacial score (nSPS) is 12.0. The average Bonchev–Trinajstić information content (AvgIpc) is 2.80. The van der Waals surface area contributed by atoms with Gasteiger partial charge in [0.15, 0.2) is 11.5 Å². The van der Waals surface area contributed by atoms with E-state index in [1.807, 2.05) is 18.4 Å². The van der Waals surface area contributed by atoms with Crippen LogP contribution in [0.5, 0.6) is 0 Å². The van der Waals surface area contributed by atoms with Crippen molar-refractivity contribution in [2.75, 3.05) is 0 Å². The fourth-order valence-corrected chi connectivity index (χ4v) is 2.42. The lowest BCUT2D eigenvalue weighted by Crippen LogP contribution is -2.11. The molecule has 0 unspecified atom stereocenters. The van der Waals surface area contributed by atoms with Gasteiger partial charge >= 0.3 is 0 Å². The molecule has 0 aliphatic carbocycles. The van der Waals surface area contributed by atoms with Crippen LogP contribution in [0.25, 0.3) is 16.9 Å². The van der Waals surface area contributed by atoms with Gasteiger partial charge in [-0.15, -0.1) is 10.2 Å². The van der Waals surface area contributed by atoms with Crippen molar-refractivity contribution < 1.29 is 0 Å². The van der Waals surface area contributed by atoms with Crippen molar-refractivity contribution in [3.8, 4) is 11.3 Å². The van der Waals surface area contributed by atoms with Crippen molar-refractivity contribution in [1.82, 2.24) is 19.8 Å². The molecule has 0 amide bonds. The number of aryl methyl sites for hydroxylation is 2. The van der Waals surface area contributed by atoms with E-state index >= 15 is 0 Å². The maximum atomic E-state index is 4.68. The average molecular weight is 280 g/mol. The van der Waals surface area contributed by atoms with E-state index in [4.69, 9.17) is 0 Å². The molecule has 0 fully saturated rings. The molecule has 0 aliphatic rings. The number of hydrogen-bond acceptors (Lipinski definition) is 3. The van der Waals surface area contributed by atoms with Gasteiger partial charge in [-0.25, -0.2) is 0 Å². The number of benzene rings is 1. The Balaban J connectivity index is 2.18. The van der Waals surface area contributed by atoms with Crippen molar-refractivity contribution in [3.05, 3.63) is 47.3 Å². The minimum Gasteiger partial charge on any atom is -0.197 e. The lowest BCUT2D eigenvalue weighted by atomic mass is 9.86. The summed E-state index contributed by atoms with van der Waals surface area (Å²) in [6.45, 7) is 10.6. The molecule has 0 aliphatic heterocycles. The molecule has 0 radical (unpaired) electrons. The second kappa shape index (κ2) is 4.65. The van der Waals surface area contributed by atoms with Crippen LogP contribution in [0.3, 0.4) is 0 Å². The molecule has 2 heterocycles. The van der Waals surface area contributed by atoms with Crippen molar-refractivity contribution in [1.29, 1.82) is 0 Å². The fourth-order valence-electron chi connectivity index (χ4n) is 2.42. The summed E-state index contributed by atoms with van der Waals surface area (Å²) in [7, 11) is 0. The zero-order valence-corrected chi connectivity index (χ0v) is 13.2. The molecule has 0 atom stereocenters. The topological polar surface area (TPSA) is 43.1 Å². The Morgan fingerprint density at radius 1 is 1.00 bits per heavy atom. The number of rotatable bonds is 1. The fraction of sp³-hybridized carbons (Fsp3) is 0.353. The highest BCUT2D eigenvalue weighted by molar-refractivity contribution is 5.63. The first-order chi connectivity index (χ1) is 9.86. The molecular formula is C17H20N4. The Kier molecular flexibility index (Phi) is 3.04. The Bertz CT molecular complexity index is 809. The van der Waals surface area contributed by atoms with E-state index in [1.165, 1.54) is 5.56 Å². The number of nitrogens with zero attached hydrogens (tertiary/aromatic N) is 4. The third kappa shape index (κ3) is 2.42. The summed E-state index contributed by atoms with van der Waals surface area (Å²) in [6, 6.07) is 10.6. The molecule has 21 heavy (non-hydrogen) atoms. The van der Waals surface area contributed by atoms with E-state index in [1.54, 1.807) is 0 Å². The summed E-state index contributed by atoms with van der Waals surface area (Å²) in [5, 5.41) is 12.9. The first kappa shape index (κ1) is 13.7. The maximum Gasteiger partial charge on any atom is 0.180 e. The predicted molar refractivity (Wildman–Crippen MR) is 84.4 cm³/mol. The van der Waals surface area contributed by atoms with Crippen LogP contribution in [-0.4, -0.2) is 19.8 Å². The number of hydrogen-bond donors (Lipinski definition) is 0. The minimum absolute atomic E-state index is 0.127. The summed E-state index contributed by atoms with van der Waals surface area (Å²) in [6.07, 6.45) is 0. The molecular weight excluding hydrogens is 260 g/mol. The lowest BCUT2D eigenvalue weighted by molar-refractivity contribution is 0.590. The summed E-state index contributed by atoms with van der Waals surface area (Å²) >= 11 is 0. The Hall–Kier alpha value is -2.23. The summed E-state index contributed by atoms with van der Waals surface area (Å²) in [5.41, 5.74) is 5.42. The van der Waals surface area contributed by atoms with Gasteiger partial charge in [-0.2, -0.15) is 9.61 Å². The molecule has 1 aromatic carbocycles. The van der Waals surface area contributed by atoms with Crippen LogP contribution in [-0.2, 0) is 5.41 Å². The molecule has 4 heteroatoms. The van der Waals surface area contributed by atoms with Crippen molar-refractivity contribution in [2.24, 2.45) is 0 Å². The summed E-state index contributed by atoms with van der Waals surface area (Å²) < 4.78 is 1.81. The quantitative estimate of drug-likeness (QED) is 0.682. The summed E-state index contributed by atoms with van der Waals surface area (Å²) in [4.78, 5) is 0. The smallest absolute Gasteiger partial charge is 0.180 e. The SMILES string of the molecule is Cc1cc(-c2cccc(C(C)(C)C)c2)nn2c(C)nnc12. The van der Waals surface area contributed by atoms with Gasteiger partial charge in [0.1, 0.15) is 0 Å². The highest BCUT2D eigenvalue weighted by atomic mass is 15.4. The third-order valence-electron chi connectivity index (χ3n) is 3.73. The highest BCUT2D eigenvalue weighted by Gasteiger charge is 2.15. The van der Waals surface area contributed by atoms with Crippen molar-refractivity contribution in [2.45, 2.75) is 40.0 Å². The van der Waals surface area contributed by atoms with E-state index in [-0.39, 0.29) is 5.41 Å². The zero-order chi connectivity index (χ0) is 15.2. The molecule has 108 valence electrons. The molecule has 2 aromatic heterocycles. The maximum absolute atomic E-state index is 4.68. The van der Waals surface area contributed by atoms with Crippen LogP contribution < -0.4 is 0 Å². The largest absolute Gasteiger partial charge is 0.197 e. The van der Waals surface area contributed by atoms with Gasteiger partial charge in [0, 0.05) is 5.56 Å². The van der Waals surface area contributed by atoms with Gasteiger partial charge < -0.3 is 0 Å². The van der Waals surface area contributed by atoms with Crippen LogP contribution in [0.2, 0.25) is 0 Å². The van der Waals surface area contributed by atoms with Crippen LogP contribution in [0, 0.1) is 13.8 Å². The van der Waals surface area contributed by atoms with Gasteiger partial charge in [-0.1, -0.05) is 39.0 Å². The van der Waals surface area contributed by atoms with E-state index in [2.05, 4.69) is 66.4 Å². The molecule has 3 rings (SSSR count). The molecule has 4 nitrogen and oxygen atoms in total. The molecule has 0 saturated carbocycles. The first-order valence-electron chi connectivity index (χ1n) is 7.17. The van der Waals surface area contributed by atoms with Crippen LogP contribution in [0.15, 0.2) is 30.3 Å². The second-order valence-corrected chi connectivity index (χ2v) is 6.53. The van der Waals surface area contributed by atoms with E-state index in [0.29, 0.717) is 0 Å². The lowest BCUT2D eigenvalue weighted by Gasteiger charge is -2.19. The van der Waals surface area contributed by atoms with E-state index < -0.39 is 0 Å². The number of fused-ring (bicyclic) bond motifs is 1. The highest BCUT2D eigenvalue weighted by Crippen LogP contribution is 2.27. The second-order valence-electron chi connectivity index (χ2n) is 6.53. The zero-order valence-electron chi connectivity index (χ0n) is 13.2. The van der Waals surface area contributed by atoms with Crippen molar-refractivity contribution in [3.63, 3.8) is 0 Å². The van der Waals surface area contributed by atoms with Crippen LogP contribution >= 0.6 is 0 Å². The standard InChI is InChI=1S/C17H20N4/c1-11-9-15(20-21-12(2)18-19-16(11)21)13-7-6-8-14(10-13)17(3,4)5/h6-10H,1-5H3. The molecule has 0 spiro atoms. The molecule has 0 N–H and O–H groups in total. The van der Waals surface area contributed by atoms with Gasteiger partial charge in [0.25, 0.3) is 0 Å². The van der Waals surface area contributed by atoms with Crippen LogP contribution in [0.4, 0.5) is 0 Å². The Morgan fingerprint density at radius 3 is 2.48 bits per heavy atom. The van der Waals surface area contributed by atoms with E-state index in [0.717, 1.165) is 28.3 Å². The molecule has 0 bridgehead atoms.